The first-order valence-electron chi connectivity index (χ1n) is 15.8. The van der Waals surface area contributed by atoms with E-state index in [2.05, 4.69) is 16.9 Å². The van der Waals surface area contributed by atoms with Gasteiger partial charge in [-0.1, -0.05) is 85.5 Å². The molecule has 12 nitrogen and oxygen atoms in total. The van der Waals surface area contributed by atoms with Crippen LogP contribution in [0, 0.1) is 0 Å². The Kier molecular flexibility index (Phi) is 10.5. The van der Waals surface area contributed by atoms with E-state index >= 15 is 0 Å². The minimum Gasteiger partial charge on any atom is -0.459 e. The third-order valence-electron chi connectivity index (χ3n) is 7.92. The first kappa shape index (κ1) is 34.2. The molecule has 12 heteroatoms. The number of amides is 1. The van der Waals surface area contributed by atoms with Crippen molar-refractivity contribution in [1.29, 1.82) is 0 Å². The highest BCUT2D eigenvalue weighted by molar-refractivity contribution is 6.04. The third-order valence-corrected chi connectivity index (χ3v) is 7.92. The fourth-order valence-corrected chi connectivity index (χ4v) is 5.37. The Morgan fingerprint density at radius 3 is 1.69 bits per heavy atom. The van der Waals surface area contributed by atoms with Gasteiger partial charge >= 0.3 is 23.6 Å². The Hall–Kier alpha value is -6.66. The average molecular weight is 686 g/mol. The monoisotopic (exact) mass is 685 g/mol. The molecular weight excluding hydrogens is 654 g/mol. The first-order chi connectivity index (χ1) is 24.8. The van der Waals surface area contributed by atoms with Gasteiger partial charge in [-0.2, -0.15) is 4.98 Å². The number of carbonyl (C=O) groups is 4. The molecular formula is C39H31N3O9. The molecule has 1 aromatic heterocycles. The smallest absolute Gasteiger partial charge is 0.351 e. The second-order valence-corrected chi connectivity index (χ2v) is 11.3. The zero-order chi connectivity index (χ0) is 35.7. The van der Waals surface area contributed by atoms with E-state index < -0.39 is 60.7 Å². The lowest BCUT2D eigenvalue weighted by Crippen LogP contribution is -2.42. The largest absolute Gasteiger partial charge is 0.459 e. The fraction of sp³-hybridized carbons (Fsp3) is 0.128. The number of carbonyl (C=O) groups excluding carboxylic acids is 4. The molecule has 0 radical (unpaired) electrons. The SMILES string of the molecule is C=Cc1cn([C@@H]2O[C@H](COC(=O)c3ccccc3)C(OC(=O)c3ccccc3)C2OC(=O)c2ccccc2)c(=O)nc1NC(=O)c1ccccc1. The quantitative estimate of drug-likeness (QED) is 0.142. The van der Waals surface area contributed by atoms with E-state index in [-0.39, 0.29) is 28.1 Å². The Bertz CT molecular complexity index is 2090. The molecule has 0 bridgehead atoms. The van der Waals surface area contributed by atoms with E-state index in [0.717, 1.165) is 4.57 Å². The molecule has 0 aliphatic carbocycles. The molecule has 1 saturated heterocycles. The molecule has 256 valence electrons. The van der Waals surface area contributed by atoms with Gasteiger partial charge in [0, 0.05) is 17.3 Å². The molecule has 1 aliphatic heterocycles. The maximum Gasteiger partial charge on any atom is 0.351 e. The summed E-state index contributed by atoms with van der Waals surface area (Å²) in [7, 11) is 0. The summed E-state index contributed by atoms with van der Waals surface area (Å²) < 4.78 is 24.8. The molecule has 5 aromatic rings. The van der Waals surface area contributed by atoms with Gasteiger partial charge in [0.25, 0.3) is 5.91 Å². The maximum absolute atomic E-state index is 13.7. The number of hydrogen-bond donors (Lipinski definition) is 1. The van der Waals surface area contributed by atoms with E-state index in [1.165, 1.54) is 36.5 Å². The van der Waals surface area contributed by atoms with Crippen LogP contribution in [-0.4, -0.2) is 58.3 Å². The van der Waals surface area contributed by atoms with Gasteiger partial charge in [0.1, 0.15) is 18.5 Å². The molecule has 2 unspecified atom stereocenters. The summed E-state index contributed by atoms with van der Waals surface area (Å²) in [5.74, 6) is -2.84. The summed E-state index contributed by atoms with van der Waals surface area (Å²) in [6.07, 6.45) is -2.80. The second kappa shape index (κ2) is 15.7. The Morgan fingerprint density at radius 1 is 0.706 bits per heavy atom. The lowest BCUT2D eigenvalue weighted by Gasteiger charge is -2.25. The maximum atomic E-state index is 13.7. The van der Waals surface area contributed by atoms with E-state index in [1.54, 1.807) is 97.1 Å². The highest BCUT2D eigenvalue weighted by Crippen LogP contribution is 2.35. The normalized spacial score (nSPS) is 17.9. The molecule has 51 heavy (non-hydrogen) atoms. The number of aromatic nitrogens is 2. The van der Waals surface area contributed by atoms with Gasteiger partial charge < -0.3 is 24.3 Å². The van der Waals surface area contributed by atoms with Gasteiger partial charge in [0.15, 0.2) is 18.4 Å². The van der Waals surface area contributed by atoms with Crippen LogP contribution in [0.1, 0.15) is 53.2 Å². The van der Waals surface area contributed by atoms with Crippen molar-refractivity contribution in [1.82, 2.24) is 9.55 Å². The molecule has 1 N–H and O–H groups in total. The van der Waals surface area contributed by atoms with Gasteiger partial charge in [0.2, 0.25) is 0 Å². The van der Waals surface area contributed by atoms with Crippen LogP contribution in [-0.2, 0) is 18.9 Å². The predicted molar refractivity (Wildman–Crippen MR) is 185 cm³/mol. The van der Waals surface area contributed by atoms with Crippen molar-refractivity contribution in [2.75, 3.05) is 11.9 Å². The minimum absolute atomic E-state index is 0.0728. The van der Waals surface area contributed by atoms with Gasteiger partial charge in [-0.3, -0.25) is 9.36 Å². The predicted octanol–water partition coefficient (Wildman–Crippen LogP) is 5.34. The van der Waals surface area contributed by atoms with Crippen LogP contribution in [0.3, 0.4) is 0 Å². The summed E-state index contributed by atoms with van der Waals surface area (Å²) in [6.45, 7) is 3.35. The van der Waals surface area contributed by atoms with Gasteiger partial charge in [-0.05, 0) is 48.5 Å². The van der Waals surface area contributed by atoms with Crippen molar-refractivity contribution in [2.24, 2.45) is 0 Å². The van der Waals surface area contributed by atoms with Crippen LogP contribution in [0.4, 0.5) is 5.82 Å². The molecule has 1 amide bonds. The van der Waals surface area contributed by atoms with Crippen molar-refractivity contribution in [3.05, 3.63) is 172 Å². The van der Waals surface area contributed by atoms with Gasteiger partial charge in [-0.15, -0.1) is 0 Å². The highest BCUT2D eigenvalue weighted by Gasteiger charge is 2.52. The molecule has 0 saturated carbocycles. The number of nitrogens with zero attached hydrogens (tertiary/aromatic N) is 2. The molecule has 4 aromatic carbocycles. The number of esters is 3. The van der Waals surface area contributed by atoms with Crippen LogP contribution in [0.15, 0.2) is 139 Å². The topological polar surface area (TPSA) is 152 Å². The molecule has 1 fully saturated rings. The number of ether oxygens (including phenoxy) is 4. The van der Waals surface area contributed by atoms with E-state index in [4.69, 9.17) is 18.9 Å². The Labute approximate surface area is 291 Å². The van der Waals surface area contributed by atoms with Crippen LogP contribution in [0.25, 0.3) is 6.08 Å². The van der Waals surface area contributed by atoms with Gasteiger partial charge in [0.05, 0.1) is 16.7 Å². The average Bonchev–Trinajstić information content (AvgIpc) is 3.50. The number of nitrogens with one attached hydrogen (secondary N) is 1. The zero-order valence-electron chi connectivity index (χ0n) is 27.0. The molecule has 1 aliphatic rings. The van der Waals surface area contributed by atoms with E-state index in [0.29, 0.717) is 5.56 Å². The highest BCUT2D eigenvalue weighted by atomic mass is 16.7. The molecule has 2 heterocycles. The minimum atomic E-state index is -1.45. The Balaban J connectivity index is 1.37. The number of rotatable bonds is 11. The number of benzene rings is 4. The third kappa shape index (κ3) is 7.98. The lowest BCUT2D eigenvalue weighted by molar-refractivity contribution is -0.0639. The van der Waals surface area contributed by atoms with Crippen molar-refractivity contribution in [3.8, 4) is 0 Å². The van der Waals surface area contributed by atoms with Crippen LogP contribution >= 0.6 is 0 Å². The van der Waals surface area contributed by atoms with E-state index in [1.807, 2.05) is 0 Å². The number of anilines is 1. The summed E-state index contributed by atoms with van der Waals surface area (Å²) >= 11 is 0. The summed E-state index contributed by atoms with van der Waals surface area (Å²) in [5.41, 5.74) is 0.305. The molecule has 6 rings (SSSR count). The molecule has 0 spiro atoms. The summed E-state index contributed by atoms with van der Waals surface area (Å²) in [4.78, 5) is 70.5. The summed E-state index contributed by atoms with van der Waals surface area (Å²) in [5, 5.41) is 2.62. The van der Waals surface area contributed by atoms with Crippen molar-refractivity contribution >= 4 is 35.7 Å². The zero-order valence-corrected chi connectivity index (χ0v) is 27.0. The van der Waals surface area contributed by atoms with Crippen LogP contribution < -0.4 is 11.0 Å². The number of hydrogen-bond acceptors (Lipinski definition) is 10. The lowest BCUT2D eigenvalue weighted by atomic mass is 10.1. The van der Waals surface area contributed by atoms with Crippen LogP contribution in [0.2, 0.25) is 0 Å². The fourth-order valence-electron chi connectivity index (χ4n) is 5.37. The first-order valence-corrected chi connectivity index (χ1v) is 15.8. The van der Waals surface area contributed by atoms with Crippen molar-refractivity contribution in [3.63, 3.8) is 0 Å². The molecule has 4 atom stereocenters. The summed E-state index contributed by atoms with van der Waals surface area (Å²) in [6, 6.07) is 32.7. The van der Waals surface area contributed by atoms with E-state index in [9.17, 15) is 24.0 Å². The Morgan fingerprint density at radius 2 is 1.18 bits per heavy atom. The van der Waals surface area contributed by atoms with Crippen LogP contribution in [0.5, 0.6) is 0 Å². The van der Waals surface area contributed by atoms with Crippen molar-refractivity contribution in [2.45, 2.75) is 24.5 Å². The van der Waals surface area contributed by atoms with Gasteiger partial charge in [-0.25, -0.2) is 19.2 Å². The second-order valence-electron chi connectivity index (χ2n) is 11.3. The van der Waals surface area contributed by atoms with Crippen molar-refractivity contribution < 1.29 is 38.1 Å². The standard InChI is InChI=1S/C39H31N3O9/c1-2-25-23-42(39(47)41-33(25)40-34(43)26-15-7-3-8-16-26)35-32(51-38(46)29-21-13-6-14-22-29)31(50-37(45)28-19-11-5-12-20-28)30(49-35)24-48-36(44)27-17-9-4-10-18-27/h2-23,30-32,35H,1,24H2,(H,40,41,43,47)/t30-,31?,32?,35-/m1/s1.